The Bertz CT molecular complexity index is 512. The minimum atomic E-state index is -4.44. The van der Waals surface area contributed by atoms with Gasteiger partial charge in [0.1, 0.15) is 6.54 Å². The summed E-state index contributed by atoms with van der Waals surface area (Å²) in [6.45, 7) is -1.37. The molecule has 0 radical (unpaired) electrons. The quantitative estimate of drug-likeness (QED) is 0.844. The molecule has 96 valence electrons. The van der Waals surface area contributed by atoms with Gasteiger partial charge in [0.15, 0.2) is 0 Å². The number of carbonyl (C=O) groups is 2. The van der Waals surface area contributed by atoms with Crippen molar-refractivity contribution in [2.24, 2.45) is 0 Å². The van der Waals surface area contributed by atoms with Crippen molar-refractivity contribution in [3.8, 4) is 0 Å². The zero-order valence-electron chi connectivity index (χ0n) is 9.10. The fraction of sp³-hybridized carbons (Fsp3) is 0.273. The Morgan fingerprint density at radius 3 is 2.78 bits per heavy atom. The van der Waals surface area contributed by atoms with E-state index < -0.39 is 18.6 Å². The maximum Gasteiger partial charge on any atom is 0.405 e. The lowest BCUT2D eigenvalue weighted by Crippen LogP contribution is -2.33. The van der Waals surface area contributed by atoms with E-state index in [4.69, 9.17) is 0 Å². The van der Waals surface area contributed by atoms with Gasteiger partial charge in [-0.05, 0) is 23.8 Å². The molecule has 7 heteroatoms. The third kappa shape index (κ3) is 2.79. The summed E-state index contributed by atoms with van der Waals surface area (Å²) in [6.07, 6.45) is -4.31. The molecule has 0 saturated carbocycles. The molecule has 1 aromatic carbocycles. The van der Waals surface area contributed by atoms with Crippen LogP contribution in [-0.2, 0) is 11.2 Å². The molecule has 0 fully saturated rings. The highest BCUT2D eigenvalue weighted by molar-refractivity contribution is 6.01. The van der Waals surface area contributed by atoms with Crippen molar-refractivity contribution in [2.45, 2.75) is 12.6 Å². The number of halogens is 3. The molecule has 1 aromatic rings. The number of benzene rings is 1. The van der Waals surface area contributed by atoms with Gasteiger partial charge in [-0.1, -0.05) is 0 Å². The molecule has 1 heterocycles. The largest absolute Gasteiger partial charge is 0.405 e. The van der Waals surface area contributed by atoms with Gasteiger partial charge >= 0.3 is 6.18 Å². The molecule has 0 unspecified atom stereocenters. The molecule has 2 rings (SSSR count). The number of alkyl halides is 3. The predicted octanol–water partition coefficient (Wildman–Crippen LogP) is 1.47. The summed E-state index contributed by atoms with van der Waals surface area (Å²) < 4.78 is 35.8. The minimum absolute atomic E-state index is 0.106. The molecule has 0 spiro atoms. The fourth-order valence-corrected chi connectivity index (χ4v) is 1.65. The first-order chi connectivity index (χ1) is 8.35. The van der Waals surface area contributed by atoms with Gasteiger partial charge < -0.3 is 10.6 Å². The molecule has 4 nitrogen and oxygen atoms in total. The van der Waals surface area contributed by atoms with Crippen LogP contribution in [0.15, 0.2) is 18.2 Å². The standard InChI is InChI=1S/C11H9F3N2O2/c12-11(13,14)5-15-10(18)6-1-2-8-7(3-6)4-9(17)16-8/h1-3H,4-5H2,(H,15,18)(H,16,17). The number of rotatable bonds is 2. The lowest BCUT2D eigenvalue weighted by atomic mass is 10.1. The summed E-state index contributed by atoms with van der Waals surface area (Å²) in [5, 5.41) is 4.34. The molecule has 2 N–H and O–H groups in total. The van der Waals surface area contributed by atoms with Crippen molar-refractivity contribution in [3.63, 3.8) is 0 Å². The number of carbonyl (C=O) groups excluding carboxylic acids is 2. The van der Waals surface area contributed by atoms with E-state index in [1.165, 1.54) is 18.2 Å². The van der Waals surface area contributed by atoms with Gasteiger partial charge in [0.2, 0.25) is 5.91 Å². The summed E-state index contributed by atoms with van der Waals surface area (Å²) >= 11 is 0. The number of hydrogen-bond acceptors (Lipinski definition) is 2. The highest BCUT2D eigenvalue weighted by Crippen LogP contribution is 2.23. The maximum atomic E-state index is 11.9. The van der Waals surface area contributed by atoms with Crippen LogP contribution < -0.4 is 10.6 Å². The van der Waals surface area contributed by atoms with Crippen molar-refractivity contribution in [1.82, 2.24) is 5.32 Å². The first-order valence-corrected chi connectivity index (χ1v) is 5.13. The van der Waals surface area contributed by atoms with Gasteiger partial charge in [-0.15, -0.1) is 0 Å². The summed E-state index contributed by atoms with van der Waals surface area (Å²) in [4.78, 5) is 22.5. The molecule has 0 aliphatic carbocycles. The topological polar surface area (TPSA) is 58.2 Å². The van der Waals surface area contributed by atoms with Crippen LogP contribution in [0.3, 0.4) is 0 Å². The molecular formula is C11H9F3N2O2. The number of anilines is 1. The van der Waals surface area contributed by atoms with Crippen LogP contribution in [0, 0.1) is 0 Å². The Labute approximate surface area is 100 Å². The summed E-state index contributed by atoms with van der Waals surface area (Å²) in [7, 11) is 0. The zero-order valence-corrected chi connectivity index (χ0v) is 9.10. The Kier molecular flexibility index (Phi) is 2.98. The number of hydrogen-bond donors (Lipinski definition) is 2. The van der Waals surface area contributed by atoms with Crippen molar-refractivity contribution < 1.29 is 22.8 Å². The smallest absolute Gasteiger partial charge is 0.343 e. The summed E-state index contributed by atoms with van der Waals surface area (Å²) in [5.41, 5.74) is 1.31. The Morgan fingerprint density at radius 1 is 1.39 bits per heavy atom. The van der Waals surface area contributed by atoms with E-state index in [2.05, 4.69) is 5.32 Å². The van der Waals surface area contributed by atoms with Crippen LogP contribution in [-0.4, -0.2) is 24.5 Å². The van der Waals surface area contributed by atoms with Crippen molar-refractivity contribution in [1.29, 1.82) is 0 Å². The van der Waals surface area contributed by atoms with Gasteiger partial charge in [0.25, 0.3) is 5.91 Å². The molecule has 2 amide bonds. The number of amides is 2. The second-order valence-electron chi connectivity index (χ2n) is 3.89. The van der Waals surface area contributed by atoms with E-state index >= 15 is 0 Å². The predicted molar refractivity (Wildman–Crippen MR) is 57.2 cm³/mol. The second kappa shape index (κ2) is 4.32. The normalized spacial score (nSPS) is 14.1. The van der Waals surface area contributed by atoms with Crippen LogP contribution in [0.1, 0.15) is 15.9 Å². The molecule has 0 aromatic heterocycles. The van der Waals surface area contributed by atoms with Crippen LogP contribution in [0.5, 0.6) is 0 Å². The van der Waals surface area contributed by atoms with E-state index in [-0.39, 0.29) is 17.9 Å². The molecule has 1 aliphatic heterocycles. The van der Waals surface area contributed by atoms with Crippen LogP contribution in [0.4, 0.5) is 18.9 Å². The molecule has 0 atom stereocenters. The Morgan fingerprint density at radius 2 is 2.11 bits per heavy atom. The lowest BCUT2D eigenvalue weighted by Gasteiger charge is -2.09. The van der Waals surface area contributed by atoms with E-state index in [1.54, 1.807) is 5.32 Å². The van der Waals surface area contributed by atoms with Gasteiger partial charge in [-0.2, -0.15) is 13.2 Å². The number of nitrogens with one attached hydrogen (secondary N) is 2. The van der Waals surface area contributed by atoms with Crippen LogP contribution >= 0.6 is 0 Å². The average molecular weight is 258 g/mol. The zero-order chi connectivity index (χ0) is 13.3. The van der Waals surface area contributed by atoms with E-state index in [1.807, 2.05) is 0 Å². The third-order valence-electron chi connectivity index (χ3n) is 2.44. The second-order valence-corrected chi connectivity index (χ2v) is 3.89. The molecule has 1 aliphatic rings. The van der Waals surface area contributed by atoms with E-state index in [0.29, 0.717) is 11.3 Å². The van der Waals surface area contributed by atoms with Gasteiger partial charge in [-0.3, -0.25) is 9.59 Å². The highest BCUT2D eigenvalue weighted by atomic mass is 19.4. The van der Waals surface area contributed by atoms with E-state index in [9.17, 15) is 22.8 Å². The SMILES string of the molecule is O=C1Cc2cc(C(=O)NCC(F)(F)F)ccc2N1. The maximum absolute atomic E-state index is 11.9. The van der Waals surface area contributed by atoms with Crippen LogP contribution in [0.25, 0.3) is 0 Å². The Hall–Kier alpha value is -2.05. The fourth-order valence-electron chi connectivity index (χ4n) is 1.65. The Balaban J connectivity index is 2.08. The van der Waals surface area contributed by atoms with E-state index in [0.717, 1.165) is 0 Å². The molecule has 0 bridgehead atoms. The van der Waals surface area contributed by atoms with Gasteiger partial charge in [-0.25, -0.2) is 0 Å². The average Bonchev–Trinajstić information content (AvgIpc) is 2.63. The third-order valence-corrected chi connectivity index (χ3v) is 2.44. The molecule has 18 heavy (non-hydrogen) atoms. The van der Waals surface area contributed by atoms with Gasteiger partial charge in [0, 0.05) is 11.3 Å². The number of fused-ring (bicyclic) bond motifs is 1. The highest BCUT2D eigenvalue weighted by Gasteiger charge is 2.28. The molecule has 0 saturated heterocycles. The lowest BCUT2D eigenvalue weighted by molar-refractivity contribution is -0.123. The first-order valence-electron chi connectivity index (χ1n) is 5.13. The molecular weight excluding hydrogens is 249 g/mol. The minimum Gasteiger partial charge on any atom is -0.343 e. The first kappa shape index (κ1) is 12.4. The van der Waals surface area contributed by atoms with Gasteiger partial charge in [0.05, 0.1) is 6.42 Å². The monoisotopic (exact) mass is 258 g/mol. The van der Waals surface area contributed by atoms with Crippen molar-refractivity contribution >= 4 is 17.5 Å². The van der Waals surface area contributed by atoms with Crippen molar-refractivity contribution in [2.75, 3.05) is 11.9 Å². The summed E-state index contributed by atoms with van der Waals surface area (Å²) in [6, 6.07) is 4.29. The summed E-state index contributed by atoms with van der Waals surface area (Å²) in [5.74, 6) is -1.01. The van der Waals surface area contributed by atoms with Crippen LogP contribution in [0.2, 0.25) is 0 Å². The van der Waals surface area contributed by atoms with Crippen molar-refractivity contribution in [3.05, 3.63) is 29.3 Å².